The maximum atomic E-state index is 13.8. The molecule has 0 saturated heterocycles. The van der Waals surface area contributed by atoms with Gasteiger partial charge in [0.05, 0.1) is 6.61 Å². The number of carbonyl (C=O) groups is 4. The molecule has 1 fully saturated rings. The molecule has 0 heterocycles. The van der Waals surface area contributed by atoms with Gasteiger partial charge < -0.3 is 14.2 Å². The van der Waals surface area contributed by atoms with Crippen LogP contribution >= 0.6 is 0 Å². The molecule has 0 aliphatic heterocycles. The van der Waals surface area contributed by atoms with Crippen LogP contribution in [0.3, 0.4) is 0 Å². The summed E-state index contributed by atoms with van der Waals surface area (Å²) in [5.74, 6) is -1.57. The average molecular weight is 459 g/mol. The second-order valence-electron chi connectivity index (χ2n) is 10.3. The van der Waals surface area contributed by atoms with E-state index in [1.807, 2.05) is 26.8 Å². The normalized spacial score (nSPS) is 28.5. The van der Waals surface area contributed by atoms with Crippen molar-refractivity contribution in [3.8, 4) is 5.75 Å². The molecule has 0 radical (unpaired) electrons. The van der Waals surface area contributed by atoms with Crippen LogP contribution in [-0.4, -0.2) is 36.4 Å². The van der Waals surface area contributed by atoms with Crippen molar-refractivity contribution in [1.29, 1.82) is 0 Å². The van der Waals surface area contributed by atoms with Crippen molar-refractivity contribution in [3.05, 3.63) is 28.8 Å². The number of rotatable bonds is 5. The maximum absolute atomic E-state index is 13.8. The van der Waals surface area contributed by atoms with Gasteiger partial charge in [-0.05, 0) is 42.0 Å². The van der Waals surface area contributed by atoms with E-state index >= 15 is 0 Å². The van der Waals surface area contributed by atoms with Crippen LogP contribution < -0.4 is 4.74 Å². The first-order chi connectivity index (χ1) is 15.3. The predicted molar refractivity (Wildman–Crippen MR) is 121 cm³/mol. The second-order valence-corrected chi connectivity index (χ2v) is 10.3. The zero-order chi connectivity index (χ0) is 24.7. The highest BCUT2D eigenvalue weighted by Gasteiger charge is 2.60. The zero-order valence-corrected chi connectivity index (χ0v) is 20.6. The summed E-state index contributed by atoms with van der Waals surface area (Å²) in [4.78, 5) is 49.3. The molecular weight excluding hydrogens is 424 g/mol. The van der Waals surface area contributed by atoms with Crippen molar-refractivity contribution in [2.75, 3.05) is 6.61 Å². The zero-order valence-electron chi connectivity index (χ0n) is 20.6. The number of Topliss-reactive ketones (excluding diaryl/α,β-unsaturated/α-hetero) is 1. The van der Waals surface area contributed by atoms with Gasteiger partial charge in [-0.1, -0.05) is 34.1 Å². The highest BCUT2D eigenvalue weighted by Crippen LogP contribution is 2.58. The summed E-state index contributed by atoms with van der Waals surface area (Å²) in [6, 6.07) is 3.61. The smallest absolute Gasteiger partial charge is 0.308 e. The first kappa shape index (κ1) is 24.9. The molecule has 1 aromatic rings. The Morgan fingerprint density at radius 1 is 1.03 bits per heavy atom. The van der Waals surface area contributed by atoms with Gasteiger partial charge in [0.25, 0.3) is 0 Å². The third-order valence-electron chi connectivity index (χ3n) is 7.25. The van der Waals surface area contributed by atoms with Crippen LogP contribution in [0.1, 0.15) is 95.1 Å². The number of hydrogen-bond acceptors (Lipinski definition) is 7. The minimum absolute atomic E-state index is 0.00995. The number of carbonyl (C=O) groups excluding carboxylic acids is 4. The first-order valence-electron chi connectivity index (χ1n) is 11.5. The molecule has 0 spiro atoms. The van der Waals surface area contributed by atoms with E-state index in [1.165, 1.54) is 20.8 Å². The van der Waals surface area contributed by atoms with Crippen LogP contribution in [-0.2, 0) is 29.3 Å². The summed E-state index contributed by atoms with van der Waals surface area (Å²) < 4.78 is 16.6. The fourth-order valence-corrected chi connectivity index (χ4v) is 5.94. The Morgan fingerprint density at radius 3 is 2.24 bits per heavy atom. The Balaban J connectivity index is 2.26. The van der Waals surface area contributed by atoms with Crippen molar-refractivity contribution in [2.45, 2.75) is 85.2 Å². The first-order valence-corrected chi connectivity index (χ1v) is 11.5. The van der Waals surface area contributed by atoms with Crippen LogP contribution in [0.4, 0.5) is 0 Å². The van der Waals surface area contributed by atoms with Crippen LogP contribution in [0, 0.1) is 11.3 Å². The minimum atomic E-state index is -0.986. The summed E-state index contributed by atoms with van der Waals surface area (Å²) in [6.07, 6.45) is 1.34. The lowest BCUT2D eigenvalue weighted by Gasteiger charge is -2.56. The van der Waals surface area contributed by atoms with Crippen molar-refractivity contribution in [2.24, 2.45) is 11.3 Å². The van der Waals surface area contributed by atoms with E-state index < -0.39 is 40.8 Å². The molecule has 0 bridgehead atoms. The van der Waals surface area contributed by atoms with Crippen LogP contribution in [0.15, 0.2) is 12.1 Å². The summed E-state index contributed by atoms with van der Waals surface area (Å²) in [6.45, 7) is 12.1. The lowest BCUT2D eigenvalue weighted by atomic mass is 9.48. The molecule has 2 aliphatic rings. The molecule has 0 aromatic heterocycles. The molecule has 3 rings (SSSR count). The van der Waals surface area contributed by atoms with Gasteiger partial charge in [-0.25, -0.2) is 0 Å². The highest BCUT2D eigenvalue weighted by molar-refractivity contribution is 6.04. The van der Waals surface area contributed by atoms with Gasteiger partial charge >= 0.3 is 17.9 Å². The van der Waals surface area contributed by atoms with Crippen LogP contribution in [0.5, 0.6) is 5.75 Å². The van der Waals surface area contributed by atoms with Crippen molar-refractivity contribution >= 4 is 23.7 Å². The van der Waals surface area contributed by atoms with Gasteiger partial charge in [-0.3, -0.25) is 19.2 Å². The number of esters is 3. The van der Waals surface area contributed by atoms with Gasteiger partial charge in [0.1, 0.15) is 5.75 Å². The number of benzene rings is 1. The Morgan fingerprint density at radius 2 is 1.70 bits per heavy atom. The highest BCUT2D eigenvalue weighted by atomic mass is 16.6. The van der Waals surface area contributed by atoms with Gasteiger partial charge in [0.2, 0.25) is 5.78 Å². The van der Waals surface area contributed by atoms with E-state index in [9.17, 15) is 19.2 Å². The van der Waals surface area contributed by atoms with Gasteiger partial charge in [0.15, 0.2) is 6.10 Å². The third kappa shape index (κ3) is 4.55. The van der Waals surface area contributed by atoms with E-state index in [0.29, 0.717) is 11.3 Å². The SMILES string of the molecule is CC(=O)OC[C@]1(C)CCC[C@]2(C)c3cc(OC(C)=O)c(C(C)C)cc3C(=O)[C@H](OC(C)=O)C12. The molecule has 0 N–H and O–H groups in total. The van der Waals surface area contributed by atoms with Gasteiger partial charge in [-0.15, -0.1) is 0 Å². The predicted octanol–water partition coefficient (Wildman–Crippen LogP) is 4.49. The maximum Gasteiger partial charge on any atom is 0.308 e. The quantitative estimate of drug-likeness (QED) is 0.474. The molecule has 7 heteroatoms. The lowest BCUT2D eigenvalue weighted by molar-refractivity contribution is -0.162. The van der Waals surface area contributed by atoms with E-state index in [4.69, 9.17) is 14.2 Å². The summed E-state index contributed by atoms with van der Waals surface area (Å²) in [7, 11) is 0. The Hall–Kier alpha value is -2.70. The molecule has 1 saturated carbocycles. The third-order valence-corrected chi connectivity index (χ3v) is 7.25. The number of hydrogen-bond donors (Lipinski definition) is 0. The molecule has 0 amide bonds. The summed E-state index contributed by atoms with van der Waals surface area (Å²) in [5.41, 5.74) is 0.900. The van der Waals surface area contributed by atoms with Crippen molar-refractivity contribution in [1.82, 2.24) is 0 Å². The molecule has 2 aliphatic carbocycles. The molecule has 4 atom stereocenters. The Kier molecular flexibility index (Phi) is 6.74. The van der Waals surface area contributed by atoms with Crippen molar-refractivity contribution < 1.29 is 33.4 Å². The van der Waals surface area contributed by atoms with E-state index in [0.717, 1.165) is 30.4 Å². The largest absolute Gasteiger partial charge is 0.465 e. The number of ether oxygens (including phenoxy) is 3. The lowest BCUT2D eigenvalue weighted by Crippen LogP contribution is -2.60. The minimum Gasteiger partial charge on any atom is -0.465 e. The fraction of sp³-hybridized carbons (Fsp3) is 0.615. The van der Waals surface area contributed by atoms with E-state index in [1.54, 1.807) is 6.07 Å². The van der Waals surface area contributed by atoms with E-state index in [2.05, 4.69) is 6.92 Å². The van der Waals surface area contributed by atoms with Crippen molar-refractivity contribution in [3.63, 3.8) is 0 Å². The monoisotopic (exact) mass is 458 g/mol. The number of fused-ring (bicyclic) bond motifs is 3. The molecule has 1 unspecified atom stereocenters. The fourth-order valence-electron chi connectivity index (χ4n) is 5.94. The molecule has 33 heavy (non-hydrogen) atoms. The van der Waals surface area contributed by atoms with Gasteiger partial charge in [0, 0.05) is 43.1 Å². The standard InChI is InChI=1S/C26H34O7/c1-14(2)18-11-19-20(12-21(18)32-16(4)28)26(7)10-8-9-25(6,13-31-15(3)27)24(26)23(22(19)30)33-17(5)29/h11-12,14,23-24H,8-10,13H2,1-7H3/t23-,24?,25-,26+/m0/s1. The molecule has 7 nitrogen and oxygen atoms in total. The Bertz CT molecular complexity index is 995. The summed E-state index contributed by atoms with van der Waals surface area (Å²) in [5, 5.41) is 0. The molecule has 180 valence electrons. The molecule has 1 aromatic carbocycles. The second kappa shape index (κ2) is 8.92. The number of ketones is 1. The topological polar surface area (TPSA) is 96.0 Å². The van der Waals surface area contributed by atoms with E-state index in [-0.39, 0.29) is 18.3 Å². The Labute approximate surface area is 195 Å². The van der Waals surface area contributed by atoms with Gasteiger partial charge in [-0.2, -0.15) is 0 Å². The summed E-state index contributed by atoms with van der Waals surface area (Å²) >= 11 is 0. The average Bonchev–Trinajstić information content (AvgIpc) is 2.69. The molecular formula is C26H34O7. The van der Waals surface area contributed by atoms with Crippen LogP contribution in [0.2, 0.25) is 0 Å². The van der Waals surface area contributed by atoms with Crippen LogP contribution in [0.25, 0.3) is 0 Å².